The Kier molecular flexibility index (Phi) is 4.45. The molecule has 0 aromatic carbocycles. The maximum atomic E-state index is 12.0. The number of carbonyl (C=O) groups excluding carboxylic acids is 1. The number of amides is 1. The summed E-state index contributed by atoms with van der Waals surface area (Å²) in [6, 6.07) is 5.73. The normalized spacial score (nSPS) is 11.1. The number of aryl methyl sites for hydroxylation is 2. The highest BCUT2D eigenvalue weighted by Gasteiger charge is 2.21. The minimum absolute atomic E-state index is 0.0664. The molecule has 2 N–H and O–H groups in total. The first-order valence-corrected chi connectivity index (χ1v) is 7.23. The molecule has 0 spiro atoms. The monoisotopic (exact) mass is 298 g/mol. The molecule has 0 aliphatic heterocycles. The molecule has 5 heteroatoms. The van der Waals surface area contributed by atoms with Crippen LogP contribution in [0.3, 0.4) is 0 Å². The maximum absolute atomic E-state index is 12.0. The quantitative estimate of drug-likeness (QED) is 0.904. The van der Waals surface area contributed by atoms with Crippen LogP contribution < -0.4 is 10.6 Å². The number of rotatable bonds is 3. The highest BCUT2D eigenvalue weighted by Crippen LogP contribution is 2.23. The molecule has 2 aromatic heterocycles. The van der Waals surface area contributed by atoms with E-state index in [4.69, 9.17) is 0 Å². The van der Waals surface area contributed by atoms with Crippen LogP contribution in [0.25, 0.3) is 0 Å². The lowest BCUT2D eigenvalue weighted by atomic mass is 9.96. The molecule has 0 aliphatic carbocycles. The molecule has 0 radical (unpaired) electrons. The van der Waals surface area contributed by atoms with Gasteiger partial charge in [0.25, 0.3) is 0 Å². The SMILES string of the molecule is Cc1ccc(Nc2cc(NC(=O)C(C)(C)C)ncc2C)nc1. The van der Waals surface area contributed by atoms with Gasteiger partial charge in [-0.2, -0.15) is 0 Å². The minimum atomic E-state index is -0.460. The Morgan fingerprint density at radius 1 is 1.05 bits per heavy atom. The van der Waals surface area contributed by atoms with Crippen molar-refractivity contribution in [3.05, 3.63) is 41.7 Å². The number of hydrogen-bond acceptors (Lipinski definition) is 4. The number of hydrogen-bond donors (Lipinski definition) is 2. The van der Waals surface area contributed by atoms with Gasteiger partial charge in [0.1, 0.15) is 11.6 Å². The van der Waals surface area contributed by atoms with Crippen molar-refractivity contribution in [2.24, 2.45) is 5.41 Å². The van der Waals surface area contributed by atoms with Gasteiger partial charge in [-0.3, -0.25) is 4.79 Å². The molecular formula is C17H22N4O. The minimum Gasteiger partial charge on any atom is -0.340 e. The second kappa shape index (κ2) is 6.13. The molecule has 0 fully saturated rings. The van der Waals surface area contributed by atoms with Crippen molar-refractivity contribution in [3.63, 3.8) is 0 Å². The van der Waals surface area contributed by atoms with Crippen LogP contribution in [0.2, 0.25) is 0 Å². The predicted molar refractivity (Wildman–Crippen MR) is 89.3 cm³/mol. The van der Waals surface area contributed by atoms with Crippen LogP contribution in [-0.2, 0) is 4.79 Å². The van der Waals surface area contributed by atoms with Crippen molar-refractivity contribution in [2.45, 2.75) is 34.6 Å². The Balaban J connectivity index is 2.20. The van der Waals surface area contributed by atoms with Gasteiger partial charge in [-0.05, 0) is 31.0 Å². The summed E-state index contributed by atoms with van der Waals surface area (Å²) in [5, 5.41) is 6.08. The lowest BCUT2D eigenvalue weighted by Crippen LogP contribution is -2.28. The van der Waals surface area contributed by atoms with Gasteiger partial charge < -0.3 is 10.6 Å². The van der Waals surface area contributed by atoms with Crippen LogP contribution in [0.1, 0.15) is 31.9 Å². The zero-order valence-electron chi connectivity index (χ0n) is 13.7. The van der Waals surface area contributed by atoms with E-state index in [2.05, 4.69) is 20.6 Å². The second-order valence-electron chi connectivity index (χ2n) is 6.43. The Hall–Kier alpha value is -2.43. The third-order valence-corrected chi connectivity index (χ3v) is 3.20. The summed E-state index contributed by atoms with van der Waals surface area (Å²) >= 11 is 0. The standard InChI is InChI=1S/C17H22N4O/c1-11-6-7-14(18-9-11)20-13-8-15(19-10-12(13)2)21-16(22)17(3,4)5/h6-10H,1-5H3,(H2,18,19,20,21,22). The number of pyridine rings is 2. The molecule has 2 rings (SSSR count). The van der Waals surface area contributed by atoms with E-state index < -0.39 is 5.41 Å². The van der Waals surface area contributed by atoms with E-state index in [-0.39, 0.29) is 5.91 Å². The number of nitrogens with zero attached hydrogens (tertiary/aromatic N) is 2. The predicted octanol–water partition coefficient (Wildman–Crippen LogP) is 3.82. The van der Waals surface area contributed by atoms with Gasteiger partial charge in [0.15, 0.2) is 0 Å². The summed E-state index contributed by atoms with van der Waals surface area (Å²) in [4.78, 5) is 20.6. The Morgan fingerprint density at radius 2 is 1.73 bits per heavy atom. The third-order valence-electron chi connectivity index (χ3n) is 3.20. The molecule has 0 aliphatic rings. The van der Waals surface area contributed by atoms with Crippen molar-refractivity contribution < 1.29 is 4.79 Å². The molecule has 0 bridgehead atoms. The van der Waals surface area contributed by atoms with Crippen molar-refractivity contribution in [2.75, 3.05) is 10.6 Å². The van der Waals surface area contributed by atoms with E-state index >= 15 is 0 Å². The van der Waals surface area contributed by atoms with Gasteiger partial charge >= 0.3 is 0 Å². The average molecular weight is 298 g/mol. The first kappa shape index (κ1) is 15.9. The van der Waals surface area contributed by atoms with Gasteiger partial charge in [0.2, 0.25) is 5.91 Å². The van der Waals surface area contributed by atoms with E-state index in [0.717, 1.165) is 22.6 Å². The third kappa shape index (κ3) is 4.04. The van der Waals surface area contributed by atoms with E-state index in [9.17, 15) is 4.79 Å². The van der Waals surface area contributed by atoms with E-state index in [0.29, 0.717) is 5.82 Å². The molecule has 1 amide bonds. The largest absolute Gasteiger partial charge is 0.340 e. The summed E-state index contributed by atoms with van der Waals surface area (Å²) in [6.45, 7) is 9.55. The summed E-state index contributed by atoms with van der Waals surface area (Å²) < 4.78 is 0. The molecule has 0 saturated heterocycles. The van der Waals surface area contributed by atoms with E-state index in [1.165, 1.54) is 0 Å². The molecule has 116 valence electrons. The fraction of sp³-hybridized carbons (Fsp3) is 0.353. The maximum Gasteiger partial charge on any atom is 0.230 e. The van der Waals surface area contributed by atoms with Crippen molar-refractivity contribution in [1.29, 1.82) is 0 Å². The first-order valence-electron chi connectivity index (χ1n) is 7.23. The van der Waals surface area contributed by atoms with Gasteiger partial charge in [-0.1, -0.05) is 26.8 Å². The zero-order valence-corrected chi connectivity index (χ0v) is 13.7. The smallest absolute Gasteiger partial charge is 0.230 e. The molecule has 2 heterocycles. The molecule has 0 saturated carbocycles. The highest BCUT2D eigenvalue weighted by molar-refractivity contribution is 5.94. The molecule has 5 nitrogen and oxygen atoms in total. The first-order chi connectivity index (χ1) is 10.3. The number of carbonyl (C=O) groups is 1. The Bertz CT molecular complexity index is 672. The topological polar surface area (TPSA) is 66.9 Å². The zero-order chi connectivity index (χ0) is 16.3. The summed E-state index contributed by atoms with van der Waals surface area (Å²) in [5.41, 5.74) is 2.50. The van der Waals surface area contributed by atoms with Crippen molar-refractivity contribution in [3.8, 4) is 0 Å². The van der Waals surface area contributed by atoms with Crippen molar-refractivity contribution >= 4 is 23.2 Å². The van der Waals surface area contributed by atoms with Crippen LogP contribution in [0, 0.1) is 19.3 Å². The van der Waals surface area contributed by atoms with Crippen LogP contribution in [0.4, 0.5) is 17.3 Å². The Morgan fingerprint density at radius 3 is 2.32 bits per heavy atom. The van der Waals surface area contributed by atoms with Gasteiger partial charge in [-0.25, -0.2) is 9.97 Å². The van der Waals surface area contributed by atoms with Gasteiger partial charge in [0, 0.05) is 29.6 Å². The number of nitrogens with one attached hydrogen (secondary N) is 2. The fourth-order valence-corrected chi connectivity index (χ4v) is 1.71. The van der Waals surface area contributed by atoms with Crippen LogP contribution >= 0.6 is 0 Å². The molecule has 0 atom stereocenters. The van der Waals surface area contributed by atoms with Crippen LogP contribution in [0.15, 0.2) is 30.6 Å². The summed E-state index contributed by atoms with van der Waals surface area (Å²) in [6.07, 6.45) is 3.54. The molecule has 22 heavy (non-hydrogen) atoms. The van der Waals surface area contributed by atoms with Crippen molar-refractivity contribution in [1.82, 2.24) is 9.97 Å². The lowest BCUT2D eigenvalue weighted by molar-refractivity contribution is -0.123. The lowest BCUT2D eigenvalue weighted by Gasteiger charge is -2.18. The molecule has 0 unspecified atom stereocenters. The second-order valence-corrected chi connectivity index (χ2v) is 6.43. The van der Waals surface area contributed by atoms with E-state index in [1.807, 2.05) is 52.8 Å². The molecule has 2 aromatic rings. The average Bonchev–Trinajstić information content (AvgIpc) is 2.44. The Labute approximate surface area is 131 Å². The number of aromatic nitrogens is 2. The summed E-state index contributed by atoms with van der Waals surface area (Å²) in [5.74, 6) is 1.22. The van der Waals surface area contributed by atoms with E-state index in [1.54, 1.807) is 12.4 Å². The van der Waals surface area contributed by atoms with Crippen LogP contribution in [0.5, 0.6) is 0 Å². The van der Waals surface area contributed by atoms with Crippen LogP contribution in [-0.4, -0.2) is 15.9 Å². The van der Waals surface area contributed by atoms with Gasteiger partial charge in [-0.15, -0.1) is 0 Å². The highest BCUT2D eigenvalue weighted by atomic mass is 16.2. The molecular weight excluding hydrogens is 276 g/mol. The van der Waals surface area contributed by atoms with Gasteiger partial charge in [0.05, 0.1) is 0 Å². The fourth-order valence-electron chi connectivity index (χ4n) is 1.71. The summed E-state index contributed by atoms with van der Waals surface area (Å²) in [7, 11) is 0. The number of anilines is 3.